The number of rotatable bonds is 4. The predicted octanol–water partition coefficient (Wildman–Crippen LogP) is 2.71. The van der Waals surface area contributed by atoms with Gasteiger partial charge in [-0.3, -0.25) is 4.21 Å². The molecule has 0 radical (unpaired) electrons. The molecule has 1 aromatic heterocycles. The summed E-state index contributed by atoms with van der Waals surface area (Å²) >= 11 is 0. The van der Waals surface area contributed by atoms with Crippen molar-refractivity contribution in [1.82, 2.24) is 14.9 Å². The number of halogens is 2. The van der Waals surface area contributed by atoms with E-state index in [0.717, 1.165) is 12.1 Å². The summed E-state index contributed by atoms with van der Waals surface area (Å²) in [6.45, 7) is 1.14. The van der Waals surface area contributed by atoms with Gasteiger partial charge in [-0.2, -0.15) is 0 Å². The van der Waals surface area contributed by atoms with Crippen LogP contribution in [0, 0.1) is 11.6 Å². The van der Waals surface area contributed by atoms with Gasteiger partial charge in [0.25, 0.3) is 0 Å². The maximum absolute atomic E-state index is 14.6. The summed E-state index contributed by atoms with van der Waals surface area (Å²) < 4.78 is 46.5. The van der Waals surface area contributed by atoms with E-state index in [0.29, 0.717) is 56.2 Å². The summed E-state index contributed by atoms with van der Waals surface area (Å²) in [5, 5.41) is 9.05. The second-order valence-corrected chi connectivity index (χ2v) is 8.51. The van der Waals surface area contributed by atoms with Crippen molar-refractivity contribution >= 4 is 28.4 Å². The minimum Gasteiger partial charge on any atom is -0.474 e. The van der Waals surface area contributed by atoms with Crippen molar-refractivity contribution in [2.45, 2.75) is 30.3 Å². The van der Waals surface area contributed by atoms with E-state index >= 15 is 0 Å². The zero-order valence-electron chi connectivity index (χ0n) is 16.2. The Morgan fingerprint density at radius 2 is 1.93 bits per heavy atom. The van der Waals surface area contributed by atoms with Crippen molar-refractivity contribution in [2.24, 2.45) is 0 Å². The third kappa shape index (κ3) is 3.81. The Labute approximate surface area is 173 Å². The number of hydrogen-bond acceptors (Lipinski definition) is 6. The maximum Gasteiger partial charge on any atom is 0.407 e. The molecule has 1 fully saturated rings. The predicted molar refractivity (Wildman–Crippen MR) is 105 cm³/mol. The van der Waals surface area contributed by atoms with Gasteiger partial charge < -0.3 is 19.6 Å². The van der Waals surface area contributed by atoms with Gasteiger partial charge in [-0.15, -0.1) is 0 Å². The third-order valence-corrected chi connectivity index (χ3v) is 6.25. The number of fused-ring (bicyclic) bond motifs is 1. The van der Waals surface area contributed by atoms with Gasteiger partial charge in [0.05, 0.1) is 26.9 Å². The Kier molecular flexibility index (Phi) is 5.54. The van der Waals surface area contributed by atoms with E-state index in [2.05, 4.69) is 9.97 Å². The fourth-order valence-corrected chi connectivity index (χ4v) is 4.38. The topological polar surface area (TPSA) is 95.9 Å². The molecule has 2 aliphatic heterocycles. The number of anilines is 2. The Balaban J connectivity index is 1.56. The Morgan fingerprint density at radius 3 is 2.60 bits per heavy atom. The molecule has 8 nitrogen and oxygen atoms in total. The molecule has 0 saturated carbocycles. The van der Waals surface area contributed by atoms with Crippen LogP contribution < -0.4 is 9.64 Å². The van der Waals surface area contributed by atoms with Gasteiger partial charge in [0, 0.05) is 44.8 Å². The van der Waals surface area contributed by atoms with Crippen molar-refractivity contribution in [2.75, 3.05) is 30.8 Å². The molecule has 1 saturated heterocycles. The summed E-state index contributed by atoms with van der Waals surface area (Å²) in [6.07, 6.45) is 3.06. The fraction of sp³-hybridized carbons (Fsp3) is 0.421. The highest BCUT2D eigenvalue weighted by Gasteiger charge is 2.31. The number of amides is 1. The average molecular weight is 438 g/mol. The smallest absolute Gasteiger partial charge is 0.407 e. The summed E-state index contributed by atoms with van der Waals surface area (Å²) in [5.41, 5.74) is 0.709. The molecule has 2 aromatic rings. The molecule has 0 bridgehead atoms. The van der Waals surface area contributed by atoms with Crippen molar-refractivity contribution < 1.29 is 27.6 Å². The van der Waals surface area contributed by atoms with E-state index in [1.165, 1.54) is 17.5 Å². The number of carboxylic acid groups (broad SMARTS) is 1. The molecule has 3 heterocycles. The number of aromatic nitrogens is 2. The van der Waals surface area contributed by atoms with E-state index in [4.69, 9.17) is 9.84 Å². The first-order valence-corrected chi connectivity index (χ1v) is 11.0. The van der Waals surface area contributed by atoms with Gasteiger partial charge in [-0.25, -0.2) is 23.5 Å². The summed E-state index contributed by atoms with van der Waals surface area (Å²) in [7, 11) is -1.64. The highest BCUT2D eigenvalue weighted by atomic mass is 32.2. The van der Waals surface area contributed by atoms with Gasteiger partial charge in [0.2, 0.25) is 5.88 Å². The van der Waals surface area contributed by atoms with Gasteiger partial charge in [-0.05, 0) is 12.5 Å². The third-order valence-electron chi connectivity index (χ3n) is 5.32. The lowest BCUT2D eigenvalue weighted by Gasteiger charge is -2.30. The first-order valence-electron chi connectivity index (χ1n) is 9.43. The largest absolute Gasteiger partial charge is 0.474 e. The van der Waals surface area contributed by atoms with Crippen LogP contribution >= 0.6 is 0 Å². The second kappa shape index (κ2) is 8.13. The maximum atomic E-state index is 14.6. The quantitative estimate of drug-likeness (QED) is 0.784. The fourth-order valence-electron chi connectivity index (χ4n) is 3.77. The molecule has 30 heavy (non-hydrogen) atoms. The van der Waals surface area contributed by atoms with E-state index < -0.39 is 28.5 Å². The Hall–Kier alpha value is -2.82. The van der Waals surface area contributed by atoms with Crippen molar-refractivity contribution in [3.63, 3.8) is 0 Å². The lowest BCUT2D eigenvalue weighted by atomic mass is 10.1. The minimum atomic E-state index is -1.64. The van der Waals surface area contributed by atoms with Gasteiger partial charge >= 0.3 is 6.09 Å². The highest BCUT2D eigenvalue weighted by molar-refractivity contribution is 7.84. The first kappa shape index (κ1) is 20.5. The standard InChI is InChI=1S/C19H20F2N4O4S/c1-30(28)16-9-13(20)15(8-14(16)21)25-7-4-12-17(25)22-10-23-18(12)29-11-2-5-24(6-3-11)19(26)27/h8-11H,2-7H2,1H3,(H,26,27). The van der Waals surface area contributed by atoms with Gasteiger partial charge in [0.1, 0.15) is 29.9 Å². The zero-order chi connectivity index (χ0) is 21.4. The lowest BCUT2D eigenvalue weighted by Crippen LogP contribution is -2.41. The molecular weight excluding hydrogens is 418 g/mol. The molecule has 1 unspecified atom stereocenters. The van der Waals surface area contributed by atoms with E-state index in [1.807, 2.05) is 0 Å². The molecule has 0 aliphatic carbocycles. The first-order chi connectivity index (χ1) is 14.3. The monoisotopic (exact) mass is 438 g/mol. The Morgan fingerprint density at radius 1 is 1.20 bits per heavy atom. The van der Waals surface area contributed by atoms with Crippen LogP contribution in [0.4, 0.5) is 25.1 Å². The highest BCUT2D eigenvalue weighted by Crippen LogP contribution is 2.39. The SMILES string of the molecule is CS(=O)c1cc(F)c(N2CCc3c(OC4CCN(C(=O)O)CC4)ncnc32)cc1F. The number of carbonyl (C=O) groups is 1. The molecule has 4 rings (SSSR count). The minimum absolute atomic E-state index is 0.0138. The van der Waals surface area contributed by atoms with Crippen LogP contribution in [0.3, 0.4) is 0 Å². The number of benzene rings is 1. The average Bonchev–Trinajstić information content (AvgIpc) is 3.14. The molecule has 1 amide bonds. The number of hydrogen-bond donors (Lipinski definition) is 1. The molecule has 1 N–H and O–H groups in total. The van der Waals surface area contributed by atoms with E-state index in [9.17, 15) is 17.8 Å². The van der Waals surface area contributed by atoms with Crippen LogP contribution in [-0.2, 0) is 17.2 Å². The number of likely N-dealkylation sites (tertiary alicyclic amines) is 1. The Bertz CT molecular complexity index is 1010. The van der Waals surface area contributed by atoms with Crippen molar-refractivity contribution in [3.05, 3.63) is 35.7 Å². The van der Waals surface area contributed by atoms with Crippen molar-refractivity contribution in [1.29, 1.82) is 0 Å². The molecule has 11 heteroatoms. The van der Waals surface area contributed by atoms with Gasteiger partial charge in [0.15, 0.2) is 0 Å². The second-order valence-electron chi connectivity index (χ2n) is 7.16. The molecule has 1 atom stereocenters. The van der Waals surface area contributed by atoms with E-state index in [-0.39, 0.29) is 16.7 Å². The van der Waals surface area contributed by atoms with Gasteiger partial charge in [-0.1, -0.05) is 0 Å². The summed E-state index contributed by atoms with van der Waals surface area (Å²) in [5.74, 6) is -0.608. The zero-order valence-corrected chi connectivity index (χ0v) is 17.0. The van der Waals surface area contributed by atoms with Crippen molar-refractivity contribution in [3.8, 4) is 5.88 Å². The lowest BCUT2D eigenvalue weighted by molar-refractivity contribution is 0.0865. The number of piperidine rings is 1. The summed E-state index contributed by atoms with van der Waals surface area (Å²) in [4.78, 5) is 22.2. The normalized spacial score (nSPS) is 17.7. The van der Waals surface area contributed by atoms with E-state index in [1.54, 1.807) is 4.90 Å². The molecule has 0 spiro atoms. The molecular formula is C19H20F2N4O4S. The molecule has 160 valence electrons. The van der Waals surface area contributed by atoms with Crippen LogP contribution in [-0.4, -0.2) is 62.3 Å². The summed E-state index contributed by atoms with van der Waals surface area (Å²) in [6, 6.07) is 1.99. The van der Waals surface area contributed by atoms with Crippen LogP contribution in [0.15, 0.2) is 23.4 Å². The van der Waals surface area contributed by atoms with Crippen LogP contribution in [0.5, 0.6) is 5.88 Å². The number of ether oxygens (including phenoxy) is 1. The van der Waals surface area contributed by atoms with Crippen LogP contribution in [0.2, 0.25) is 0 Å². The van der Waals surface area contributed by atoms with Crippen LogP contribution in [0.25, 0.3) is 0 Å². The van der Waals surface area contributed by atoms with Crippen LogP contribution in [0.1, 0.15) is 18.4 Å². The number of nitrogens with zero attached hydrogens (tertiary/aromatic N) is 4. The molecule has 1 aromatic carbocycles. The molecule has 2 aliphatic rings.